The quantitative estimate of drug-likeness (QED) is 0.137. The molecular formula is C37H38ClN5O5S. The summed E-state index contributed by atoms with van der Waals surface area (Å²) in [5, 5.41) is 7.76. The zero-order valence-electron chi connectivity index (χ0n) is 27.6. The van der Waals surface area contributed by atoms with Gasteiger partial charge in [0, 0.05) is 24.1 Å². The lowest BCUT2D eigenvalue weighted by molar-refractivity contribution is -0.116. The Bertz CT molecular complexity index is 2160. The summed E-state index contributed by atoms with van der Waals surface area (Å²) in [5.41, 5.74) is 3.60. The molecule has 4 aromatic carbocycles. The van der Waals surface area contributed by atoms with Crippen LogP contribution in [0.2, 0.25) is 5.02 Å². The standard InChI is InChI=1S/C37H38ClN5O5S/c1-4-6-16-34-40-43(32-23-28(22-17-25(32)3)39-35(44)11-5-2)37(46)42(34)24-26-18-20-27(21-19-26)29-12-8-10-15-33(29)49(47,48)41-36(45)30-13-7-9-14-31(30)38/h7-10,12-15,17-23H,4-6,11,16,24H2,1-3H3,(H,39,44)(H,41,45). The summed E-state index contributed by atoms with van der Waals surface area (Å²) in [6.45, 7) is 6.15. The molecule has 0 fully saturated rings. The van der Waals surface area contributed by atoms with E-state index in [-0.39, 0.29) is 33.6 Å². The maximum atomic E-state index is 13.9. The first kappa shape index (κ1) is 35.3. The van der Waals surface area contributed by atoms with Gasteiger partial charge in [-0.2, -0.15) is 4.68 Å². The van der Waals surface area contributed by atoms with Gasteiger partial charge in [-0.05, 0) is 66.8 Å². The number of aryl methyl sites for hydroxylation is 2. The van der Waals surface area contributed by atoms with Crippen molar-refractivity contribution >= 4 is 39.1 Å². The van der Waals surface area contributed by atoms with Crippen LogP contribution in [0, 0.1) is 6.92 Å². The fraction of sp³-hybridized carbons (Fsp3) is 0.243. The number of nitrogens with zero attached hydrogens (tertiary/aromatic N) is 3. The fourth-order valence-electron chi connectivity index (χ4n) is 5.43. The molecule has 5 aromatic rings. The van der Waals surface area contributed by atoms with Crippen LogP contribution in [0.15, 0.2) is 101 Å². The lowest BCUT2D eigenvalue weighted by Crippen LogP contribution is -2.31. The van der Waals surface area contributed by atoms with Crippen molar-refractivity contribution in [1.82, 2.24) is 19.1 Å². The number of carbonyl (C=O) groups excluding carboxylic acids is 2. The van der Waals surface area contributed by atoms with Gasteiger partial charge >= 0.3 is 5.69 Å². The SMILES string of the molecule is CCCCc1nn(-c2cc(NC(=O)CCC)ccc2C)c(=O)n1Cc1ccc(-c2ccccc2S(=O)(=O)NC(=O)c2ccccc2Cl)cc1. The third-order valence-electron chi connectivity index (χ3n) is 8.02. The Hall–Kier alpha value is -5.00. The highest BCUT2D eigenvalue weighted by atomic mass is 35.5. The highest BCUT2D eigenvalue weighted by Crippen LogP contribution is 2.28. The number of benzene rings is 4. The molecule has 1 aromatic heterocycles. The summed E-state index contributed by atoms with van der Waals surface area (Å²) in [5.74, 6) is -0.283. The van der Waals surface area contributed by atoms with E-state index in [2.05, 4.69) is 17.0 Å². The van der Waals surface area contributed by atoms with E-state index in [0.29, 0.717) is 41.2 Å². The van der Waals surface area contributed by atoms with Crippen LogP contribution in [0.25, 0.3) is 16.8 Å². The number of sulfonamides is 1. The minimum atomic E-state index is -4.26. The molecule has 0 unspecified atom stereocenters. The van der Waals surface area contributed by atoms with Crippen molar-refractivity contribution in [3.05, 3.63) is 129 Å². The molecule has 49 heavy (non-hydrogen) atoms. The van der Waals surface area contributed by atoms with Gasteiger partial charge in [0.1, 0.15) is 5.82 Å². The molecule has 0 atom stereocenters. The van der Waals surface area contributed by atoms with Crippen molar-refractivity contribution in [2.45, 2.75) is 64.3 Å². The van der Waals surface area contributed by atoms with E-state index >= 15 is 0 Å². The zero-order chi connectivity index (χ0) is 35.1. The van der Waals surface area contributed by atoms with Gasteiger partial charge < -0.3 is 5.32 Å². The second kappa shape index (κ2) is 15.5. The minimum Gasteiger partial charge on any atom is -0.326 e. The molecule has 5 rings (SSSR count). The van der Waals surface area contributed by atoms with Crippen molar-refractivity contribution in [1.29, 1.82) is 0 Å². The van der Waals surface area contributed by atoms with Gasteiger partial charge in [-0.1, -0.05) is 92.5 Å². The molecule has 2 N–H and O–H groups in total. The van der Waals surface area contributed by atoms with Gasteiger partial charge in [0.25, 0.3) is 15.9 Å². The Morgan fingerprint density at radius 3 is 2.33 bits per heavy atom. The number of rotatable bonds is 13. The summed E-state index contributed by atoms with van der Waals surface area (Å²) in [6.07, 6.45) is 3.51. The van der Waals surface area contributed by atoms with Gasteiger partial charge in [-0.3, -0.25) is 14.2 Å². The van der Waals surface area contributed by atoms with Crippen molar-refractivity contribution in [2.75, 3.05) is 5.32 Å². The highest BCUT2D eigenvalue weighted by molar-refractivity contribution is 7.90. The molecule has 0 radical (unpaired) electrons. The topological polar surface area (TPSA) is 132 Å². The molecule has 0 aliphatic rings. The normalized spacial score (nSPS) is 11.3. The number of anilines is 1. The molecule has 0 spiro atoms. The monoisotopic (exact) mass is 699 g/mol. The summed E-state index contributed by atoms with van der Waals surface area (Å²) in [7, 11) is -4.26. The van der Waals surface area contributed by atoms with Gasteiger partial charge in [0.2, 0.25) is 5.91 Å². The predicted octanol–water partition coefficient (Wildman–Crippen LogP) is 6.91. The number of hydrogen-bond acceptors (Lipinski definition) is 6. The first-order chi connectivity index (χ1) is 23.5. The Balaban J connectivity index is 1.43. The van der Waals surface area contributed by atoms with E-state index in [9.17, 15) is 22.8 Å². The van der Waals surface area contributed by atoms with Crippen LogP contribution in [0.3, 0.4) is 0 Å². The van der Waals surface area contributed by atoms with Crippen LogP contribution in [0.1, 0.15) is 66.8 Å². The summed E-state index contributed by atoms with van der Waals surface area (Å²) in [6, 6.07) is 25.3. The maximum Gasteiger partial charge on any atom is 0.351 e. The molecule has 2 amide bonds. The average Bonchev–Trinajstić information content (AvgIpc) is 3.39. The zero-order valence-corrected chi connectivity index (χ0v) is 29.1. The van der Waals surface area contributed by atoms with Crippen LogP contribution in [0.5, 0.6) is 0 Å². The van der Waals surface area contributed by atoms with Gasteiger partial charge in [-0.25, -0.2) is 17.9 Å². The number of nitrogens with one attached hydrogen (secondary N) is 2. The fourth-order valence-corrected chi connectivity index (χ4v) is 6.85. The average molecular weight is 700 g/mol. The van der Waals surface area contributed by atoms with Gasteiger partial charge in [0.05, 0.1) is 27.7 Å². The second-order valence-corrected chi connectivity index (χ2v) is 13.8. The second-order valence-electron chi connectivity index (χ2n) is 11.7. The van der Waals surface area contributed by atoms with Crippen LogP contribution in [0.4, 0.5) is 5.69 Å². The first-order valence-electron chi connectivity index (χ1n) is 16.1. The van der Waals surface area contributed by atoms with E-state index in [1.54, 1.807) is 53.1 Å². The number of carbonyl (C=O) groups is 2. The van der Waals surface area contributed by atoms with Gasteiger partial charge in [0.15, 0.2) is 0 Å². The van der Waals surface area contributed by atoms with Crippen LogP contribution in [-0.2, 0) is 27.8 Å². The van der Waals surface area contributed by atoms with Crippen molar-refractivity contribution in [3.63, 3.8) is 0 Å². The predicted molar refractivity (Wildman–Crippen MR) is 192 cm³/mol. The van der Waals surface area contributed by atoms with E-state index in [4.69, 9.17) is 16.7 Å². The number of amides is 2. The van der Waals surface area contributed by atoms with Crippen LogP contribution < -0.4 is 15.7 Å². The number of aromatic nitrogens is 3. The number of hydrogen-bond donors (Lipinski definition) is 2. The first-order valence-corrected chi connectivity index (χ1v) is 18.0. The molecule has 0 saturated carbocycles. The molecule has 254 valence electrons. The van der Waals surface area contributed by atoms with Crippen LogP contribution in [-0.4, -0.2) is 34.6 Å². The number of unbranched alkanes of at least 4 members (excludes halogenated alkanes) is 1. The van der Waals surface area contributed by atoms with Crippen molar-refractivity contribution in [2.24, 2.45) is 0 Å². The number of halogens is 1. The summed E-state index contributed by atoms with van der Waals surface area (Å²) in [4.78, 5) is 38.8. The van der Waals surface area contributed by atoms with Gasteiger partial charge in [-0.15, -0.1) is 5.10 Å². The minimum absolute atomic E-state index is 0.0491. The third kappa shape index (κ3) is 8.18. The van der Waals surface area contributed by atoms with Crippen LogP contribution >= 0.6 is 11.6 Å². The Kier molecular flexibility index (Phi) is 11.2. The van der Waals surface area contributed by atoms with E-state index in [1.807, 2.05) is 38.1 Å². The Labute approximate surface area is 290 Å². The molecule has 12 heteroatoms. The third-order valence-corrected chi connectivity index (χ3v) is 9.74. The molecule has 1 heterocycles. The lowest BCUT2D eigenvalue weighted by atomic mass is 10.0. The molecule has 10 nitrogen and oxygen atoms in total. The Morgan fingerprint density at radius 2 is 1.61 bits per heavy atom. The van der Waals surface area contributed by atoms with Crippen molar-refractivity contribution < 1.29 is 18.0 Å². The summed E-state index contributed by atoms with van der Waals surface area (Å²) < 4.78 is 32.0. The van der Waals surface area contributed by atoms with E-state index in [1.165, 1.54) is 22.9 Å². The van der Waals surface area contributed by atoms with E-state index in [0.717, 1.165) is 30.4 Å². The van der Waals surface area contributed by atoms with E-state index < -0.39 is 15.9 Å². The smallest absolute Gasteiger partial charge is 0.326 e. The maximum absolute atomic E-state index is 13.9. The molecule has 0 saturated heterocycles. The lowest BCUT2D eigenvalue weighted by Gasteiger charge is -2.13. The molecular weight excluding hydrogens is 662 g/mol. The largest absolute Gasteiger partial charge is 0.351 e. The van der Waals surface area contributed by atoms with Crippen molar-refractivity contribution in [3.8, 4) is 16.8 Å². The highest BCUT2D eigenvalue weighted by Gasteiger charge is 2.24. The molecule has 0 aliphatic carbocycles. The summed E-state index contributed by atoms with van der Waals surface area (Å²) >= 11 is 6.11. The molecule has 0 bridgehead atoms. The molecule has 0 aliphatic heterocycles. The Morgan fingerprint density at radius 1 is 0.898 bits per heavy atom.